The second-order valence-corrected chi connectivity index (χ2v) is 4.72. The second-order valence-electron chi connectivity index (χ2n) is 4.72. The number of fused-ring (bicyclic) bond motifs is 1. The minimum absolute atomic E-state index is 0.0487. The molecule has 0 aliphatic carbocycles. The van der Waals surface area contributed by atoms with E-state index in [1.165, 1.54) is 11.8 Å². The van der Waals surface area contributed by atoms with E-state index in [9.17, 15) is 9.59 Å². The number of amides is 1. The highest BCUT2D eigenvalue weighted by molar-refractivity contribution is 6.03. The molecule has 0 saturated heterocycles. The zero-order valence-electron chi connectivity index (χ0n) is 11.4. The quantitative estimate of drug-likeness (QED) is 0.883. The summed E-state index contributed by atoms with van der Waals surface area (Å²) in [6.07, 6.45) is -0.554. The number of carbonyl (C=O) groups excluding carboxylic acids is 2. The van der Waals surface area contributed by atoms with E-state index < -0.39 is 6.10 Å². The number of ketones is 1. The molecule has 0 bridgehead atoms. The highest BCUT2D eigenvalue weighted by Crippen LogP contribution is 2.34. The number of hydrogen-bond donors (Lipinski definition) is 1. The van der Waals surface area contributed by atoms with Crippen LogP contribution in [0.4, 0.5) is 5.69 Å². The summed E-state index contributed by atoms with van der Waals surface area (Å²) in [6.45, 7) is 3.96. The van der Waals surface area contributed by atoms with E-state index in [-0.39, 0.29) is 18.2 Å². The fraction of sp³-hybridized carbons (Fsp3) is 0.429. The molecule has 19 heavy (non-hydrogen) atoms. The van der Waals surface area contributed by atoms with Gasteiger partial charge in [0.1, 0.15) is 11.5 Å². The molecule has 5 nitrogen and oxygen atoms in total. The Morgan fingerprint density at radius 1 is 1.47 bits per heavy atom. The smallest absolute Gasteiger partial charge is 0.268 e. The van der Waals surface area contributed by atoms with Crippen LogP contribution < -0.4 is 15.0 Å². The first-order valence-electron chi connectivity index (χ1n) is 6.28. The Labute approximate surface area is 112 Å². The molecule has 2 rings (SSSR count). The fourth-order valence-corrected chi connectivity index (χ4v) is 2.15. The van der Waals surface area contributed by atoms with Gasteiger partial charge >= 0.3 is 0 Å². The van der Waals surface area contributed by atoms with Gasteiger partial charge < -0.3 is 10.1 Å². The van der Waals surface area contributed by atoms with Crippen molar-refractivity contribution in [3.63, 3.8) is 0 Å². The Hall–Kier alpha value is -1.88. The van der Waals surface area contributed by atoms with E-state index in [0.717, 1.165) is 5.56 Å². The molecule has 0 saturated carbocycles. The van der Waals surface area contributed by atoms with Gasteiger partial charge in [-0.1, -0.05) is 6.07 Å². The summed E-state index contributed by atoms with van der Waals surface area (Å²) >= 11 is 0. The molecular weight excluding hydrogens is 244 g/mol. The molecule has 1 atom stereocenters. The lowest BCUT2D eigenvalue weighted by atomic mass is 10.1. The van der Waals surface area contributed by atoms with Gasteiger partial charge in [-0.05, 0) is 38.6 Å². The molecule has 1 unspecified atom stereocenters. The van der Waals surface area contributed by atoms with Gasteiger partial charge in [-0.25, -0.2) is 0 Å². The number of nitrogens with one attached hydrogen (secondary N) is 1. The highest BCUT2D eigenvalue weighted by Gasteiger charge is 2.32. The summed E-state index contributed by atoms with van der Waals surface area (Å²) in [5.74, 6) is 0.421. The predicted octanol–water partition coefficient (Wildman–Crippen LogP) is 1.11. The van der Waals surface area contributed by atoms with Crippen LogP contribution >= 0.6 is 0 Å². The van der Waals surface area contributed by atoms with Crippen LogP contribution in [0, 0.1) is 0 Å². The topological polar surface area (TPSA) is 58.6 Å². The monoisotopic (exact) mass is 262 g/mol. The first-order chi connectivity index (χ1) is 9.02. The Kier molecular flexibility index (Phi) is 3.85. The third-order valence-corrected chi connectivity index (χ3v) is 2.99. The number of anilines is 1. The maximum Gasteiger partial charge on any atom is 0.268 e. The molecule has 0 radical (unpaired) electrons. The van der Waals surface area contributed by atoms with Crippen molar-refractivity contribution in [2.75, 3.05) is 18.5 Å². The SMILES string of the molecule is CNCc1ccc2c(c1)N(CC(C)=O)C(=O)C(C)O2. The lowest BCUT2D eigenvalue weighted by Gasteiger charge is -2.32. The van der Waals surface area contributed by atoms with Crippen molar-refractivity contribution in [1.29, 1.82) is 0 Å². The summed E-state index contributed by atoms with van der Waals surface area (Å²) in [7, 11) is 1.86. The van der Waals surface area contributed by atoms with Gasteiger partial charge in [-0.15, -0.1) is 0 Å². The highest BCUT2D eigenvalue weighted by atomic mass is 16.5. The maximum atomic E-state index is 12.1. The van der Waals surface area contributed by atoms with Crippen LogP contribution in [0.2, 0.25) is 0 Å². The first-order valence-corrected chi connectivity index (χ1v) is 6.28. The van der Waals surface area contributed by atoms with E-state index in [0.29, 0.717) is 18.0 Å². The molecule has 1 heterocycles. The third kappa shape index (κ3) is 2.76. The second kappa shape index (κ2) is 5.40. The number of hydrogen-bond acceptors (Lipinski definition) is 4. The lowest BCUT2D eigenvalue weighted by molar-refractivity contribution is -0.127. The molecule has 0 spiro atoms. The number of benzene rings is 1. The Morgan fingerprint density at radius 2 is 2.21 bits per heavy atom. The molecule has 0 aromatic heterocycles. The van der Waals surface area contributed by atoms with Crippen molar-refractivity contribution in [2.45, 2.75) is 26.5 Å². The first kappa shape index (κ1) is 13.5. The van der Waals surface area contributed by atoms with Crippen LogP contribution in [-0.4, -0.2) is 31.4 Å². The molecule has 1 aromatic rings. The summed E-state index contributed by atoms with van der Waals surface area (Å²) in [5.41, 5.74) is 1.71. The summed E-state index contributed by atoms with van der Waals surface area (Å²) in [5, 5.41) is 3.06. The van der Waals surface area contributed by atoms with Gasteiger partial charge in [0.05, 0.1) is 12.2 Å². The van der Waals surface area contributed by atoms with E-state index in [1.807, 2.05) is 25.2 Å². The molecule has 1 aliphatic heterocycles. The van der Waals surface area contributed by atoms with Gasteiger partial charge in [0.15, 0.2) is 6.10 Å². The largest absolute Gasteiger partial charge is 0.479 e. The average molecular weight is 262 g/mol. The summed E-state index contributed by atoms with van der Waals surface area (Å²) in [6, 6.07) is 5.68. The molecule has 1 amide bonds. The normalized spacial score (nSPS) is 17.9. The number of rotatable bonds is 4. The maximum absolute atomic E-state index is 12.1. The van der Waals surface area contributed by atoms with Gasteiger partial charge in [0, 0.05) is 6.54 Å². The van der Waals surface area contributed by atoms with E-state index in [4.69, 9.17) is 4.74 Å². The van der Waals surface area contributed by atoms with Gasteiger partial charge in [0.2, 0.25) is 0 Å². The van der Waals surface area contributed by atoms with Crippen molar-refractivity contribution in [3.8, 4) is 5.75 Å². The zero-order chi connectivity index (χ0) is 14.0. The van der Waals surface area contributed by atoms with Crippen molar-refractivity contribution >= 4 is 17.4 Å². The number of carbonyl (C=O) groups is 2. The van der Waals surface area contributed by atoms with Crippen LogP contribution in [0.1, 0.15) is 19.4 Å². The van der Waals surface area contributed by atoms with Crippen LogP contribution in [0.5, 0.6) is 5.75 Å². The van der Waals surface area contributed by atoms with Crippen molar-refractivity contribution in [1.82, 2.24) is 5.32 Å². The van der Waals surface area contributed by atoms with Crippen LogP contribution in [0.3, 0.4) is 0 Å². The Balaban J connectivity index is 2.41. The van der Waals surface area contributed by atoms with Gasteiger partial charge in [-0.2, -0.15) is 0 Å². The molecule has 0 fully saturated rings. The van der Waals surface area contributed by atoms with E-state index in [2.05, 4.69) is 5.32 Å². The average Bonchev–Trinajstić information content (AvgIpc) is 2.36. The van der Waals surface area contributed by atoms with Crippen LogP contribution in [0.25, 0.3) is 0 Å². The molecule has 1 N–H and O–H groups in total. The molecule has 102 valence electrons. The van der Waals surface area contributed by atoms with Crippen LogP contribution in [-0.2, 0) is 16.1 Å². The minimum Gasteiger partial charge on any atom is -0.479 e. The lowest BCUT2D eigenvalue weighted by Crippen LogP contribution is -2.46. The van der Waals surface area contributed by atoms with Crippen molar-refractivity contribution < 1.29 is 14.3 Å². The van der Waals surface area contributed by atoms with Crippen molar-refractivity contribution in [2.24, 2.45) is 0 Å². The molecule has 5 heteroatoms. The standard InChI is InChI=1S/C14H18N2O3/c1-9(17)8-16-12-6-11(7-15-3)4-5-13(12)19-10(2)14(16)18/h4-6,10,15H,7-8H2,1-3H3. The van der Waals surface area contributed by atoms with E-state index in [1.54, 1.807) is 6.92 Å². The number of nitrogens with zero attached hydrogens (tertiary/aromatic N) is 1. The van der Waals surface area contributed by atoms with Gasteiger partial charge in [0.25, 0.3) is 5.91 Å². The Morgan fingerprint density at radius 3 is 2.84 bits per heavy atom. The van der Waals surface area contributed by atoms with Crippen molar-refractivity contribution in [3.05, 3.63) is 23.8 Å². The third-order valence-electron chi connectivity index (χ3n) is 2.99. The predicted molar refractivity (Wildman–Crippen MR) is 72.3 cm³/mol. The molecule has 1 aliphatic rings. The zero-order valence-corrected chi connectivity index (χ0v) is 11.4. The molecular formula is C14H18N2O3. The summed E-state index contributed by atoms with van der Waals surface area (Å²) in [4.78, 5) is 25.0. The van der Waals surface area contributed by atoms with Crippen LogP contribution in [0.15, 0.2) is 18.2 Å². The summed E-state index contributed by atoms with van der Waals surface area (Å²) < 4.78 is 5.57. The fourth-order valence-electron chi connectivity index (χ4n) is 2.15. The van der Waals surface area contributed by atoms with E-state index >= 15 is 0 Å². The Bertz CT molecular complexity index is 513. The molecule has 1 aromatic carbocycles. The number of ether oxygens (including phenoxy) is 1. The van der Waals surface area contributed by atoms with Gasteiger partial charge in [-0.3, -0.25) is 14.5 Å². The minimum atomic E-state index is -0.554. The number of Topliss-reactive ketones (excluding diaryl/α,β-unsaturated/α-hetero) is 1.